The second-order valence-corrected chi connectivity index (χ2v) is 3.55. The van der Waals surface area contributed by atoms with Crippen molar-refractivity contribution in [2.24, 2.45) is 0 Å². The summed E-state index contributed by atoms with van der Waals surface area (Å²) in [4.78, 5) is 7.77. The van der Waals surface area contributed by atoms with Crippen LogP contribution < -0.4 is 16.0 Å². The minimum absolute atomic E-state index is 1.02. The lowest BCUT2D eigenvalue weighted by Crippen LogP contribution is -2.22. The molecular weight excluding hydrogens is 183 g/mol. The van der Waals surface area contributed by atoms with Gasteiger partial charge in [-0.15, -0.1) is 0 Å². The molecular formula is C12H13BN2. The Labute approximate surface area is 89.4 Å². The number of nitrogens with one attached hydrogen (secondary N) is 1. The molecule has 0 aliphatic heterocycles. The summed E-state index contributed by atoms with van der Waals surface area (Å²) in [5.41, 5.74) is 3.27. The number of hydrogen-bond acceptors (Lipinski definition) is 1. The zero-order valence-electron chi connectivity index (χ0n) is 9.04. The third-order valence-electron chi connectivity index (χ3n) is 2.41. The topological polar surface area (TPSA) is 28.7 Å². The van der Waals surface area contributed by atoms with Crippen LogP contribution in [0.15, 0.2) is 24.9 Å². The van der Waals surface area contributed by atoms with E-state index >= 15 is 0 Å². The van der Waals surface area contributed by atoms with Crippen LogP contribution in [0.4, 0.5) is 0 Å². The van der Waals surface area contributed by atoms with Gasteiger partial charge in [-0.25, -0.2) is 0 Å². The fourth-order valence-electron chi connectivity index (χ4n) is 1.76. The number of pyridine rings is 1. The largest absolute Gasteiger partial charge is 0.353 e. The summed E-state index contributed by atoms with van der Waals surface area (Å²) in [6.07, 6.45) is 7.70. The second kappa shape index (κ2) is 3.77. The predicted octanol–water partition coefficient (Wildman–Crippen LogP) is -0.412. The molecule has 0 aliphatic rings. The Balaban J connectivity index is 2.98. The Bertz CT molecular complexity index is 623. The van der Waals surface area contributed by atoms with Crippen molar-refractivity contribution in [2.75, 3.05) is 0 Å². The first-order chi connectivity index (χ1) is 7.26. The molecule has 2 rings (SSSR count). The van der Waals surface area contributed by atoms with Gasteiger partial charge in [-0.05, 0) is 19.1 Å². The molecule has 0 fully saturated rings. The number of nitrogens with zero attached hydrogens (tertiary/aromatic N) is 1. The molecule has 0 aliphatic carbocycles. The van der Waals surface area contributed by atoms with E-state index in [0.717, 1.165) is 27.1 Å². The predicted molar refractivity (Wildman–Crippen MR) is 68.3 cm³/mol. The molecule has 0 spiro atoms. The van der Waals surface area contributed by atoms with Gasteiger partial charge in [-0.2, -0.15) is 0 Å². The van der Waals surface area contributed by atoms with Crippen molar-refractivity contribution in [3.63, 3.8) is 0 Å². The Morgan fingerprint density at radius 1 is 1.53 bits per heavy atom. The normalized spacial score (nSPS) is 13.7. The summed E-state index contributed by atoms with van der Waals surface area (Å²) >= 11 is 0. The van der Waals surface area contributed by atoms with Crippen LogP contribution in [0, 0.1) is 0 Å². The van der Waals surface area contributed by atoms with E-state index in [4.69, 9.17) is 0 Å². The van der Waals surface area contributed by atoms with E-state index in [-0.39, 0.29) is 0 Å². The number of aromatic nitrogens is 2. The van der Waals surface area contributed by atoms with Gasteiger partial charge in [0, 0.05) is 16.8 Å². The van der Waals surface area contributed by atoms with Gasteiger partial charge in [0.25, 0.3) is 0 Å². The first kappa shape index (κ1) is 9.78. The fourth-order valence-corrected chi connectivity index (χ4v) is 1.76. The monoisotopic (exact) mass is 196 g/mol. The number of fused-ring (bicyclic) bond motifs is 1. The van der Waals surface area contributed by atoms with Crippen LogP contribution in [0.25, 0.3) is 23.2 Å². The summed E-state index contributed by atoms with van der Waals surface area (Å²) in [6, 6.07) is 2.11. The van der Waals surface area contributed by atoms with Gasteiger partial charge >= 0.3 is 0 Å². The van der Waals surface area contributed by atoms with Crippen LogP contribution in [0.3, 0.4) is 0 Å². The standard InChI is InChI=1S/C12H13BN2/c1-3-5-10-9(4-2)12-11(15-10)6-8(13)7-14-12/h3-7,15H,1,13H2,2H3/b9-4+,10-5+. The average molecular weight is 196 g/mol. The quantitative estimate of drug-likeness (QED) is 0.617. The molecule has 2 aromatic heterocycles. The maximum Gasteiger partial charge on any atom is 0.141 e. The van der Waals surface area contributed by atoms with Crippen molar-refractivity contribution in [1.29, 1.82) is 0 Å². The van der Waals surface area contributed by atoms with Gasteiger partial charge in [0.05, 0.1) is 11.0 Å². The molecule has 0 saturated heterocycles. The lowest BCUT2D eigenvalue weighted by Gasteiger charge is -1.90. The molecule has 74 valence electrons. The Kier molecular flexibility index (Phi) is 2.46. The molecule has 0 bridgehead atoms. The van der Waals surface area contributed by atoms with Gasteiger partial charge < -0.3 is 4.98 Å². The van der Waals surface area contributed by atoms with Crippen molar-refractivity contribution in [3.05, 3.63) is 35.5 Å². The lowest BCUT2D eigenvalue weighted by molar-refractivity contribution is 1.36. The Morgan fingerprint density at radius 3 is 3.00 bits per heavy atom. The van der Waals surface area contributed by atoms with Gasteiger partial charge in [0.2, 0.25) is 0 Å². The summed E-state index contributed by atoms with van der Waals surface area (Å²) in [5.74, 6) is 0. The smallest absolute Gasteiger partial charge is 0.141 e. The van der Waals surface area contributed by atoms with Crippen molar-refractivity contribution in [2.45, 2.75) is 6.92 Å². The van der Waals surface area contributed by atoms with E-state index in [1.807, 2.05) is 27.0 Å². The minimum Gasteiger partial charge on any atom is -0.353 e. The number of rotatable bonds is 1. The number of hydrogen-bond donors (Lipinski definition) is 1. The SMILES string of the molecule is Bc1cnc2c(=C/C)/c(=C\C=C)[nH]c2c1. The minimum atomic E-state index is 1.02. The summed E-state index contributed by atoms with van der Waals surface area (Å²) < 4.78 is 0. The van der Waals surface area contributed by atoms with Crippen LogP contribution in [-0.2, 0) is 0 Å². The molecule has 2 aromatic rings. The molecule has 0 amide bonds. The number of H-pyrrole nitrogens is 1. The van der Waals surface area contributed by atoms with Crippen molar-refractivity contribution >= 4 is 36.5 Å². The van der Waals surface area contributed by atoms with Gasteiger partial charge in [0.15, 0.2) is 0 Å². The summed E-state index contributed by atoms with van der Waals surface area (Å²) in [6.45, 7) is 5.73. The second-order valence-electron chi connectivity index (χ2n) is 3.55. The molecule has 2 heterocycles. The van der Waals surface area contributed by atoms with E-state index in [1.165, 1.54) is 0 Å². The Hall–Kier alpha value is -1.77. The highest BCUT2D eigenvalue weighted by Gasteiger charge is 2.00. The van der Waals surface area contributed by atoms with Crippen LogP contribution in [0.2, 0.25) is 0 Å². The maximum absolute atomic E-state index is 4.44. The third kappa shape index (κ3) is 1.61. The van der Waals surface area contributed by atoms with E-state index in [9.17, 15) is 0 Å². The molecule has 0 radical (unpaired) electrons. The molecule has 0 aromatic carbocycles. The van der Waals surface area contributed by atoms with Crippen LogP contribution >= 0.6 is 0 Å². The molecule has 3 heteroatoms. The third-order valence-corrected chi connectivity index (χ3v) is 2.41. The maximum atomic E-state index is 4.44. The molecule has 1 N–H and O–H groups in total. The van der Waals surface area contributed by atoms with E-state index < -0.39 is 0 Å². The summed E-state index contributed by atoms with van der Waals surface area (Å²) in [5, 5.41) is 2.21. The van der Waals surface area contributed by atoms with Crippen molar-refractivity contribution in [3.8, 4) is 0 Å². The first-order valence-corrected chi connectivity index (χ1v) is 4.99. The highest BCUT2D eigenvalue weighted by molar-refractivity contribution is 6.32. The van der Waals surface area contributed by atoms with Gasteiger partial charge in [-0.1, -0.05) is 24.2 Å². The number of aromatic amines is 1. The molecule has 0 unspecified atom stereocenters. The van der Waals surface area contributed by atoms with Crippen molar-refractivity contribution < 1.29 is 0 Å². The van der Waals surface area contributed by atoms with Crippen LogP contribution in [-0.4, -0.2) is 17.8 Å². The molecule has 0 saturated carbocycles. The van der Waals surface area contributed by atoms with E-state index in [0.29, 0.717) is 0 Å². The highest BCUT2D eigenvalue weighted by atomic mass is 14.8. The van der Waals surface area contributed by atoms with Crippen LogP contribution in [0.5, 0.6) is 0 Å². The average Bonchev–Trinajstić information content (AvgIpc) is 2.54. The zero-order chi connectivity index (χ0) is 10.8. The Morgan fingerprint density at radius 2 is 2.33 bits per heavy atom. The van der Waals surface area contributed by atoms with Crippen LogP contribution in [0.1, 0.15) is 6.92 Å². The number of allylic oxidation sites excluding steroid dienone is 1. The molecule has 2 nitrogen and oxygen atoms in total. The zero-order valence-corrected chi connectivity index (χ0v) is 9.04. The van der Waals surface area contributed by atoms with E-state index in [2.05, 4.69) is 28.7 Å². The van der Waals surface area contributed by atoms with E-state index in [1.54, 1.807) is 6.08 Å². The van der Waals surface area contributed by atoms with Gasteiger partial charge in [0.1, 0.15) is 7.85 Å². The fraction of sp³-hybridized carbons (Fsp3) is 0.0833. The molecule has 0 atom stereocenters. The first-order valence-electron chi connectivity index (χ1n) is 4.99. The highest BCUT2D eigenvalue weighted by Crippen LogP contribution is 1.97. The van der Waals surface area contributed by atoms with Gasteiger partial charge in [-0.3, -0.25) is 4.98 Å². The summed E-state index contributed by atoms with van der Waals surface area (Å²) in [7, 11) is 2.04. The molecule has 15 heavy (non-hydrogen) atoms. The lowest BCUT2D eigenvalue weighted by atomic mass is 9.98. The van der Waals surface area contributed by atoms with Crippen molar-refractivity contribution in [1.82, 2.24) is 9.97 Å².